The van der Waals surface area contributed by atoms with Crippen molar-refractivity contribution in [2.24, 2.45) is 0 Å². The summed E-state index contributed by atoms with van der Waals surface area (Å²) < 4.78 is 16.5. The van der Waals surface area contributed by atoms with Gasteiger partial charge in [0.2, 0.25) is 11.8 Å². The summed E-state index contributed by atoms with van der Waals surface area (Å²) in [4.78, 5) is 18.4. The van der Waals surface area contributed by atoms with Crippen LogP contribution in [-0.4, -0.2) is 61.5 Å². The quantitative estimate of drug-likeness (QED) is 0.835. The number of carbonyl (C=O) groups is 1. The lowest BCUT2D eigenvalue weighted by molar-refractivity contribution is -0.180. The summed E-state index contributed by atoms with van der Waals surface area (Å²) in [6.07, 6.45) is 5.28. The van der Waals surface area contributed by atoms with Gasteiger partial charge in [0.15, 0.2) is 5.79 Å². The van der Waals surface area contributed by atoms with Gasteiger partial charge in [-0.25, -0.2) is 4.98 Å². The van der Waals surface area contributed by atoms with Crippen LogP contribution in [0.25, 0.3) is 0 Å². The molecule has 0 bridgehead atoms. The van der Waals surface area contributed by atoms with E-state index in [1.165, 1.54) is 0 Å². The average Bonchev–Trinajstić information content (AvgIpc) is 3.06. The highest BCUT2D eigenvalue weighted by Gasteiger charge is 2.40. The summed E-state index contributed by atoms with van der Waals surface area (Å²) in [5, 5.41) is 3.13. The Bertz CT molecular complexity index is 562. The van der Waals surface area contributed by atoms with Crippen LogP contribution in [0.5, 0.6) is 5.88 Å². The van der Waals surface area contributed by atoms with Crippen LogP contribution in [0.1, 0.15) is 31.2 Å². The van der Waals surface area contributed by atoms with Gasteiger partial charge < -0.3 is 19.5 Å². The molecule has 7 nitrogen and oxygen atoms in total. The topological polar surface area (TPSA) is 72.9 Å². The number of pyridine rings is 1. The Morgan fingerprint density at radius 1 is 1.36 bits per heavy atom. The van der Waals surface area contributed by atoms with E-state index in [9.17, 15) is 4.79 Å². The zero-order chi connectivity index (χ0) is 17.7. The Balaban J connectivity index is 1.39. The van der Waals surface area contributed by atoms with E-state index < -0.39 is 0 Å². The second kappa shape index (κ2) is 8.12. The van der Waals surface area contributed by atoms with Gasteiger partial charge in [0.05, 0.1) is 26.9 Å². The highest BCUT2D eigenvalue weighted by molar-refractivity contribution is 5.78. The number of hydrogen-bond acceptors (Lipinski definition) is 6. The summed E-state index contributed by atoms with van der Waals surface area (Å²) in [6, 6.07) is 4.00. The Hall–Kier alpha value is -1.70. The first-order chi connectivity index (χ1) is 12.1. The summed E-state index contributed by atoms with van der Waals surface area (Å²) in [5.74, 6) is 0.270. The fraction of sp³-hybridized carbons (Fsp3) is 0.667. The molecule has 0 atom stereocenters. The molecule has 0 unspecified atom stereocenters. The molecule has 138 valence electrons. The number of hydrogen-bond donors (Lipinski definition) is 1. The maximum absolute atomic E-state index is 12.3. The number of carbonyl (C=O) groups excluding carboxylic acids is 1. The van der Waals surface area contributed by atoms with Crippen LogP contribution < -0.4 is 10.1 Å². The lowest BCUT2D eigenvalue weighted by Crippen LogP contribution is -2.46. The number of rotatable bonds is 6. The maximum atomic E-state index is 12.3. The maximum Gasteiger partial charge on any atom is 0.234 e. The first-order valence-corrected chi connectivity index (χ1v) is 8.83. The molecule has 1 amide bonds. The van der Waals surface area contributed by atoms with Gasteiger partial charge in [0.25, 0.3) is 0 Å². The Labute approximate surface area is 148 Å². The van der Waals surface area contributed by atoms with Gasteiger partial charge in [-0.05, 0) is 25.5 Å². The van der Waals surface area contributed by atoms with E-state index in [0.29, 0.717) is 32.2 Å². The molecular formula is C18H27N3O4. The zero-order valence-electron chi connectivity index (χ0n) is 15.0. The lowest BCUT2D eigenvalue weighted by atomic mass is 9.90. The predicted octanol–water partition coefficient (Wildman–Crippen LogP) is 1.32. The molecule has 2 heterocycles. The van der Waals surface area contributed by atoms with Crippen molar-refractivity contribution in [3.63, 3.8) is 0 Å². The zero-order valence-corrected chi connectivity index (χ0v) is 15.0. The third kappa shape index (κ3) is 4.90. The monoisotopic (exact) mass is 349 g/mol. The largest absolute Gasteiger partial charge is 0.481 e. The second-order valence-corrected chi connectivity index (χ2v) is 6.83. The number of amides is 1. The van der Waals surface area contributed by atoms with Crippen LogP contribution in [0.2, 0.25) is 0 Å². The molecule has 1 aromatic rings. The summed E-state index contributed by atoms with van der Waals surface area (Å²) >= 11 is 0. The fourth-order valence-electron chi connectivity index (χ4n) is 3.50. The van der Waals surface area contributed by atoms with Gasteiger partial charge in [-0.3, -0.25) is 9.69 Å². The highest BCUT2D eigenvalue weighted by Crippen LogP contribution is 2.35. The minimum absolute atomic E-state index is 0.0539. The van der Waals surface area contributed by atoms with E-state index in [1.807, 2.05) is 24.1 Å². The third-order valence-corrected chi connectivity index (χ3v) is 4.80. The molecule has 3 rings (SSSR count). The van der Waals surface area contributed by atoms with Crippen molar-refractivity contribution in [2.75, 3.05) is 33.9 Å². The standard InChI is InChI=1S/C18H27N3O4/c1-21(12-14-3-4-17(23-2)19-11-14)13-16(22)20-15-5-7-18(8-6-15)24-9-10-25-18/h3-4,11,15H,5-10,12-13H2,1-2H3,(H,20,22). The van der Waals surface area contributed by atoms with Crippen molar-refractivity contribution in [2.45, 2.75) is 44.1 Å². The van der Waals surface area contributed by atoms with Crippen molar-refractivity contribution in [3.8, 4) is 5.88 Å². The van der Waals surface area contributed by atoms with Crippen molar-refractivity contribution in [1.29, 1.82) is 0 Å². The predicted molar refractivity (Wildman–Crippen MR) is 92.2 cm³/mol. The first kappa shape index (κ1) is 18.1. The van der Waals surface area contributed by atoms with Crippen LogP contribution in [0, 0.1) is 0 Å². The molecule has 1 saturated carbocycles. The number of methoxy groups -OCH3 is 1. The Kier molecular flexibility index (Phi) is 5.88. The molecular weight excluding hydrogens is 322 g/mol. The Morgan fingerprint density at radius 2 is 2.08 bits per heavy atom. The van der Waals surface area contributed by atoms with E-state index in [4.69, 9.17) is 14.2 Å². The van der Waals surface area contributed by atoms with Crippen LogP contribution in [0.15, 0.2) is 18.3 Å². The average molecular weight is 349 g/mol. The van der Waals surface area contributed by atoms with Crippen molar-refractivity contribution in [1.82, 2.24) is 15.2 Å². The van der Waals surface area contributed by atoms with Crippen LogP contribution in [0.3, 0.4) is 0 Å². The number of ether oxygens (including phenoxy) is 3. The van der Waals surface area contributed by atoms with Gasteiger partial charge in [0.1, 0.15) is 0 Å². The lowest BCUT2D eigenvalue weighted by Gasteiger charge is -2.35. The first-order valence-electron chi connectivity index (χ1n) is 8.83. The van der Waals surface area contributed by atoms with Gasteiger partial charge in [-0.15, -0.1) is 0 Å². The van der Waals surface area contributed by atoms with Crippen molar-refractivity contribution < 1.29 is 19.0 Å². The summed E-state index contributed by atoms with van der Waals surface area (Å²) in [5.41, 5.74) is 1.05. The molecule has 1 saturated heterocycles. The Morgan fingerprint density at radius 3 is 2.68 bits per heavy atom. The van der Waals surface area contributed by atoms with Gasteiger partial charge >= 0.3 is 0 Å². The highest BCUT2D eigenvalue weighted by atomic mass is 16.7. The molecule has 1 spiro atoms. The number of likely N-dealkylation sites (N-methyl/N-ethyl adjacent to an activating group) is 1. The summed E-state index contributed by atoms with van der Waals surface area (Å²) in [7, 11) is 3.52. The normalized spacial score (nSPS) is 20.1. The molecule has 1 aliphatic heterocycles. The molecule has 1 N–H and O–H groups in total. The van der Waals surface area contributed by atoms with E-state index in [1.54, 1.807) is 13.3 Å². The van der Waals surface area contributed by atoms with Gasteiger partial charge in [-0.2, -0.15) is 0 Å². The van der Waals surface area contributed by atoms with Crippen LogP contribution in [0.4, 0.5) is 0 Å². The SMILES string of the molecule is COc1ccc(CN(C)CC(=O)NC2CCC3(CC2)OCCO3)cn1. The number of aromatic nitrogens is 1. The molecule has 1 aromatic heterocycles. The van der Waals surface area contributed by atoms with Gasteiger partial charge in [0, 0.05) is 37.7 Å². The van der Waals surface area contributed by atoms with E-state index in [-0.39, 0.29) is 17.7 Å². The van der Waals surface area contributed by atoms with Crippen molar-refractivity contribution in [3.05, 3.63) is 23.9 Å². The number of nitrogens with zero attached hydrogens (tertiary/aromatic N) is 2. The molecule has 1 aliphatic carbocycles. The van der Waals surface area contributed by atoms with Crippen molar-refractivity contribution >= 4 is 5.91 Å². The van der Waals surface area contributed by atoms with Crippen LogP contribution >= 0.6 is 0 Å². The smallest absolute Gasteiger partial charge is 0.234 e. The fourth-order valence-corrected chi connectivity index (χ4v) is 3.50. The molecule has 7 heteroatoms. The minimum Gasteiger partial charge on any atom is -0.481 e. The van der Waals surface area contributed by atoms with Crippen LogP contribution in [-0.2, 0) is 20.8 Å². The second-order valence-electron chi connectivity index (χ2n) is 6.83. The van der Waals surface area contributed by atoms with Gasteiger partial charge in [-0.1, -0.05) is 6.07 Å². The summed E-state index contributed by atoms with van der Waals surface area (Å²) in [6.45, 7) is 2.39. The molecule has 0 radical (unpaired) electrons. The van der Waals surface area contributed by atoms with E-state index in [0.717, 1.165) is 31.2 Å². The van der Waals surface area contributed by atoms with E-state index in [2.05, 4.69) is 10.3 Å². The van der Waals surface area contributed by atoms with E-state index >= 15 is 0 Å². The number of nitrogens with one attached hydrogen (secondary N) is 1. The minimum atomic E-state index is -0.376. The molecule has 25 heavy (non-hydrogen) atoms. The molecule has 0 aromatic carbocycles. The molecule has 2 fully saturated rings. The molecule has 2 aliphatic rings. The third-order valence-electron chi connectivity index (χ3n) is 4.80.